The summed E-state index contributed by atoms with van der Waals surface area (Å²) in [7, 11) is 0. The molecule has 0 fully saturated rings. The Morgan fingerprint density at radius 2 is 2.05 bits per heavy atom. The predicted molar refractivity (Wildman–Crippen MR) is 79.5 cm³/mol. The number of benzene rings is 1. The number of halogens is 1. The van der Waals surface area contributed by atoms with E-state index in [-0.39, 0.29) is 5.82 Å². The van der Waals surface area contributed by atoms with Crippen molar-refractivity contribution < 1.29 is 4.39 Å². The first-order chi connectivity index (χ1) is 9.50. The van der Waals surface area contributed by atoms with Crippen molar-refractivity contribution in [1.29, 1.82) is 0 Å². The van der Waals surface area contributed by atoms with E-state index in [1.54, 1.807) is 12.4 Å². The van der Waals surface area contributed by atoms with Crippen LogP contribution < -0.4 is 5.32 Å². The second-order valence-electron chi connectivity index (χ2n) is 5.56. The quantitative estimate of drug-likeness (QED) is 0.906. The third-order valence-electron chi connectivity index (χ3n) is 3.43. The maximum absolute atomic E-state index is 14.2. The normalized spacial score (nSPS) is 11.3. The molecule has 0 unspecified atom stereocenters. The zero-order valence-electron chi connectivity index (χ0n) is 12.6. The molecule has 0 saturated carbocycles. The number of aromatic nitrogens is 2. The Bertz CT molecular complexity index is 587. The van der Waals surface area contributed by atoms with Crippen molar-refractivity contribution in [3.05, 3.63) is 47.3 Å². The lowest BCUT2D eigenvalue weighted by atomic mass is 10.1. The third-order valence-corrected chi connectivity index (χ3v) is 3.43. The van der Waals surface area contributed by atoms with Crippen LogP contribution in [-0.2, 0) is 6.54 Å². The van der Waals surface area contributed by atoms with Crippen LogP contribution in [0, 0.1) is 25.6 Å². The largest absolute Gasteiger partial charge is 0.312 e. The summed E-state index contributed by atoms with van der Waals surface area (Å²) >= 11 is 0. The maximum Gasteiger partial charge on any atom is 0.147 e. The molecule has 0 aliphatic rings. The lowest BCUT2D eigenvalue weighted by Crippen LogP contribution is -2.20. The van der Waals surface area contributed by atoms with Crippen molar-refractivity contribution in [2.45, 2.75) is 34.2 Å². The zero-order valence-corrected chi connectivity index (χ0v) is 12.6. The lowest BCUT2D eigenvalue weighted by Gasteiger charge is -2.14. The molecule has 0 aliphatic carbocycles. The summed E-state index contributed by atoms with van der Waals surface area (Å²) in [6.45, 7) is 9.77. The summed E-state index contributed by atoms with van der Waals surface area (Å²) in [5, 5.41) is 3.36. The van der Waals surface area contributed by atoms with Crippen LogP contribution in [0.25, 0.3) is 5.69 Å². The average molecular weight is 275 g/mol. The van der Waals surface area contributed by atoms with Gasteiger partial charge in [-0.1, -0.05) is 26.0 Å². The van der Waals surface area contributed by atoms with E-state index in [9.17, 15) is 4.39 Å². The Morgan fingerprint density at radius 3 is 2.65 bits per heavy atom. The fraction of sp³-hybridized carbons (Fsp3) is 0.438. The van der Waals surface area contributed by atoms with E-state index in [0.717, 1.165) is 23.5 Å². The van der Waals surface area contributed by atoms with Gasteiger partial charge in [0.15, 0.2) is 0 Å². The first kappa shape index (κ1) is 14.7. The molecule has 2 aromatic rings. The van der Waals surface area contributed by atoms with Crippen LogP contribution in [0.2, 0.25) is 0 Å². The minimum atomic E-state index is -0.214. The molecule has 1 aromatic carbocycles. The average Bonchev–Trinajstić information content (AvgIpc) is 2.70. The molecule has 0 saturated heterocycles. The Hall–Kier alpha value is -1.68. The van der Waals surface area contributed by atoms with Gasteiger partial charge in [-0.05, 0) is 37.9 Å². The number of nitrogens with one attached hydrogen (secondary N) is 1. The standard InChI is InChI=1S/C16H22FN3/c1-11(2)8-18-9-14-6-5-7-15(17)16(14)20-10-19-12(3)13(20)4/h5-7,10-11,18H,8-9H2,1-4H3. The van der Waals surface area contributed by atoms with Gasteiger partial charge < -0.3 is 9.88 Å². The zero-order chi connectivity index (χ0) is 14.7. The smallest absolute Gasteiger partial charge is 0.147 e. The number of imidazole rings is 1. The van der Waals surface area contributed by atoms with E-state index < -0.39 is 0 Å². The number of rotatable bonds is 5. The number of hydrogen-bond donors (Lipinski definition) is 1. The highest BCUT2D eigenvalue weighted by atomic mass is 19.1. The molecule has 3 nitrogen and oxygen atoms in total. The minimum absolute atomic E-state index is 0.214. The molecular weight excluding hydrogens is 253 g/mol. The van der Waals surface area contributed by atoms with Crippen LogP contribution in [0.5, 0.6) is 0 Å². The third kappa shape index (κ3) is 3.07. The molecule has 1 heterocycles. The summed E-state index contributed by atoms with van der Waals surface area (Å²) in [5.74, 6) is 0.360. The fourth-order valence-electron chi connectivity index (χ4n) is 2.19. The fourth-order valence-corrected chi connectivity index (χ4v) is 2.19. The van der Waals surface area contributed by atoms with E-state index in [0.29, 0.717) is 18.2 Å². The molecule has 0 atom stereocenters. The van der Waals surface area contributed by atoms with Crippen molar-refractivity contribution in [1.82, 2.24) is 14.9 Å². The number of aryl methyl sites for hydroxylation is 1. The van der Waals surface area contributed by atoms with Gasteiger partial charge in [-0.3, -0.25) is 0 Å². The van der Waals surface area contributed by atoms with Crippen molar-refractivity contribution in [2.75, 3.05) is 6.54 Å². The summed E-state index contributed by atoms with van der Waals surface area (Å²) in [6, 6.07) is 5.21. The molecular formula is C16H22FN3. The Labute approximate surface area is 119 Å². The van der Waals surface area contributed by atoms with Gasteiger partial charge in [0.25, 0.3) is 0 Å². The second kappa shape index (κ2) is 6.18. The van der Waals surface area contributed by atoms with Crippen molar-refractivity contribution in [3.8, 4) is 5.69 Å². The molecule has 0 spiro atoms. The molecule has 1 N–H and O–H groups in total. The second-order valence-corrected chi connectivity index (χ2v) is 5.56. The first-order valence-electron chi connectivity index (χ1n) is 6.99. The SMILES string of the molecule is Cc1ncn(-c2c(F)cccc2CNCC(C)C)c1C. The molecule has 108 valence electrons. The topological polar surface area (TPSA) is 29.9 Å². The number of nitrogens with zero attached hydrogens (tertiary/aromatic N) is 2. The van der Waals surface area contributed by atoms with Crippen LogP contribution in [0.4, 0.5) is 4.39 Å². The minimum Gasteiger partial charge on any atom is -0.312 e. The first-order valence-corrected chi connectivity index (χ1v) is 6.99. The van der Waals surface area contributed by atoms with Crippen LogP contribution >= 0.6 is 0 Å². The Kier molecular flexibility index (Phi) is 4.55. The van der Waals surface area contributed by atoms with Crippen molar-refractivity contribution in [3.63, 3.8) is 0 Å². The molecule has 4 heteroatoms. The van der Waals surface area contributed by atoms with E-state index in [2.05, 4.69) is 24.1 Å². The molecule has 0 radical (unpaired) electrons. The van der Waals surface area contributed by atoms with E-state index in [1.807, 2.05) is 24.5 Å². The van der Waals surface area contributed by atoms with Crippen LogP contribution in [0.15, 0.2) is 24.5 Å². The summed E-state index contributed by atoms with van der Waals surface area (Å²) in [5.41, 5.74) is 3.45. The predicted octanol–water partition coefficient (Wildman–Crippen LogP) is 3.37. The monoisotopic (exact) mass is 275 g/mol. The molecule has 20 heavy (non-hydrogen) atoms. The Balaban J connectivity index is 2.34. The highest BCUT2D eigenvalue weighted by Gasteiger charge is 2.13. The van der Waals surface area contributed by atoms with E-state index in [4.69, 9.17) is 0 Å². The lowest BCUT2D eigenvalue weighted by molar-refractivity contribution is 0.548. The summed E-state index contributed by atoms with van der Waals surface area (Å²) in [6.07, 6.45) is 1.69. The van der Waals surface area contributed by atoms with Crippen molar-refractivity contribution in [2.24, 2.45) is 5.92 Å². The summed E-state index contributed by atoms with van der Waals surface area (Å²) < 4.78 is 16.1. The van der Waals surface area contributed by atoms with Gasteiger partial charge in [0, 0.05) is 12.2 Å². The number of para-hydroxylation sites is 1. The summed E-state index contributed by atoms with van der Waals surface area (Å²) in [4.78, 5) is 4.26. The van der Waals surface area contributed by atoms with Gasteiger partial charge in [-0.25, -0.2) is 9.37 Å². The maximum atomic E-state index is 14.2. The van der Waals surface area contributed by atoms with Gasteiger partial charge >= 0.3 is 0 Å². The van der Waals surface area contributed by atoms with Crippen LogP contribution in [0.3, 0.4) is 0 Å². The van der Waals surface area contributed by atoms with Gasteiger partial charge in [0.1, 0.15) is 5.82 Å². The molecule has 0 bridgehead atoms. The van der Waals surface area contributed by atoms with Gasteiger partial charge in [0.2, 0.25) is 0 Å². The van der Waals surface area contributed by atoms with E-state index in [1.165, 1.54) is 6.07 Å². The molecule has 1 aromatic heterocycles. The highest BCUT2D eigenvalue weighted by Crippen LogP contribution is 2.21. The van der Waals surface area contributed by atoms with Crippen LogP contribution in [-0.4, -0.2) is 16.1 Å². The Morgan fingerprint density at radius 1 is 1.30 bits per heavy atom. The van der Waals surface area contributed by atoms with Gasteiger partial charge in [-0.2, -0.15) is 0 Å². The van der Waals surface area contributed by atoms with Gasteiger partial charge in [0.05, 0.1) is 17.7 Å². The molecule has 0 amide bonds. The highest BCUT2D eigenvalue weighted by molar-refractivity contribution is 5.44. The molecule has 0 aliphatic heterocycles. The van der Waals surface area contributed by atoms with Crippen molar-refractivity contribution >= 4 is 0 Å². The van der Waals surface area contributed by atoms with Crippen LogP contribution in [0.1, 0.15) is 30.8 Å². The van der Waals surface area contributed by atoms with E-state index >= 15 is 0 Å². The number of hydrogen-bond acceptors (Lipinski definition) is 2. The molecule has 2 rings (SSSR count). The van der Waals surface area contributed by atoms with Gasteiger partial charge in [-0.15, -0.1) is 0 Å².